The van der Waals surface area contributed by atoms with Crippen molar-refractivity contribution in [3.05, 3.63) is 33.7 Å². The number of nitrogens with one attached hydrogen (secondary N) is 1. The molecule has 0 bridgehead atoms. The Hall–Kier alpha value is -1.83. The number of hydrogen-bond acceptors (Lipinski definition) is 3. The first-order chi connectivity index (χ1) is 10.2. The maximum atomic E-state index is 12.8. The average molecular weight is 315 g/mol. The molecule has 1 saturated carbocycles. The van der Waals surface area contributed by atoms with Gasteiger partial charge in [-0.1, -0.05) is 6.42 Å². The summed E-state index contributed by atoms with van der Waals surface area (Å²) in [6.07, 6.45) is -0.820. The third-order valence-electron chi connectivity index (χ3n) is 4.80. The predicted molar refractivity (Wildman–Crippen MR) is 72.2 cm³/mol. The first-order valence-corrected chi connectivity index (χ1v) is 7.08. The number of H-pyrrole nitrogens is 1. The van der Waals surface area contributed by atoms with Crippen molar-refractivity contribution in [1.29, 1.82) is 0 Å². The number of carbonyl (C=O) groups is 1. The average Bonchev–Trinajstić information content (AvgIpc) is 2.75. The number of likely N-dealkylation sites (tertiary alicyclic amines) is 1. The summed E-state index contributed by atoms with van der Waals surface area (Å²) in [5, 5.41) is 0. The lowest BCUT2D eigenvalue weighted by molar-refractivity contribution is -0.138. The Kier molecular flexibility index (Phi) is 3.32. The summed E-state index contributed by atoms with van der Waals surface area (Å²) >= 11 is 0. The molecule has 0 radical (unpaired) electrons. The van der Waals surface area contributed by atoms with E-state index in [-0.39, 0.29) is 17.0 Å². The summed E-state index contributed by atoms with van der Waals surface area (Å²) in [4.78, 5) is 27.1. The Balaban J connectivity index is 1.86. The number of hydrogen-bond donors (Lipinski definition) is 2. The highest BCUT2D eigenvalue weighted by Gasteiger charge is 2.50. The van der Waals surface area contributed by atoms with Gasteiger partial charge in [0, 0.05) is 30.7 Å². The number of rotatable bonds is 1. The fraction of sp³-hybridized carbons (Fsp3) is 0.571. The number of pyridine rings is 1. The second-order valence-electron chi connectivity index (χ2n) is 6.14. The van der Waals surface area contributed by atoms with Crippen molar-refractivity contribution in [2.24, 2.45) is 11.1 Å². The zero-order chi connectivity index (χ0) is 16.1. The fourth-order valence-corrected chi connectivity index (χ4v) is 3.31. The minimum atomic E-state index is -4.79. The zero-order valence-electron chi connectivity index (χ0n) is 11.7. The summed E-state index contributed by atoms with van der Waals surface area (Å²) < 4.78 is 38.3. The van der Waals surface area contributed by atoms with Crippen LogP contribution in [0.1, 0.15) is 35.2 Å². The van der Waals surface area contributed by atoms with Crippen molar-refractivity contribution in [3.63, 3.8) is 0 Å². The second kappa shape index (κ2) is 4.84. The van der Waals surface area contributed by atoms with Crippen LogP contribution < -0.4 is 11.3 Å². The van der Waals surface area contributed by atoms with Crippen LogP contribution in [0.4, 0.5) is 13.2 Å². The van der Waals surface area contributed by atoms with Crippen LogP contribution in [0.3, 0.4) is 0 Å². The van der Waals surface area contributed by atoms with E-state index in [0.29, 0.717) is 19.2 Å². The van der Waals surface area contributed by atoms with Gasteiger partial charge in [-0.05, 0) is 18.9 Å². The molecule has 0 aromatic carbocycles. The molecule has 1 aliphatic carbocycles. The number of aromatic nitrogens is 1. The lowest BCUT2D eigenvalue weighted by Gasteiger charge is -2.41. The molecule has 1 amide bonds. The third-order valence-corrected chi connectivity index (χ3v) is 4.80. The second-order valence-corrected chi connectivity index (χ2v) is 6.14. The van der Waals surface area contributed by atoms with Gasteiger partial charge in [-0.25, -0.2) is 0 Å². The van der Waals surface area contributed by atoms with Crippen LogP contribution in [0.2, 0.25) is 0 Å². The van der Waals surface area contributed by atoms with Gasteiger partial charge >= 0.3 is 6.18 Å². The monoisotopic (exact) mass is 315 g/mol. The van der Waals surface area contributed by atoms with Crippen molar-refractivity contribution in [3.8, 4) is 0 Å². The molecule has 120 valence electrons. The Labute approximate surface area is 124 Å². The molecule has 1 saturated heterocycles. The van der Waals surface area contributed by atoms with Crippen molar-refractivity contribution in [2.75, 3.05) is 13.1 Å². The summed E-state index contributed by atoms with van der Waals surface area (Å²) in [5.74, 6) is -0.527. The van der Waals surface area contributed by atoms with Gasteiger partial charge < -0.3 is 15.6 Å². The van der Waals surface area contributed by atoms with Crippen molar-refractivity contribution in [1.82, 2.24) is 9.88 Å². The number of nitrogens with zero attached hydrogens (tertiary/aromatic N) is 1. The normalized spacial score (nSPS) is 23.6. The van der Waals surface area contributed by atoms with Crippen LogP contribution in [0.5, 0.6) is 0 Å². The largest absolute Gasteiger partial charge is 0.421 e. The molecule has 22 heavy (non-hydrogen) atoms. The number of halogens is 3. The highest BCUT2D eigenvalue weighted by Crippen LogP contribution is 2.47. The summed E-state index contributed by atoms with van der Waals surface area (Å²) in [6.45, 7) is 0.798. The molecule has 5 nitrogen and oxygen atoms in total. The van der Waals surface area contributed by atoms with Gasteiger partial charge in [0.1, 0.15) is 5.56 Å². The van der Waals surface area contributed by atoms with Gasteiger partial charge in [0.2, 0.25) is 0 Å². The molecular formula is C14H16F3N3O2. The molecule has 2 heterocycles. The topological polar surface area (TPSA) is 79.2 Å². The molecule has 8 heteroatoms. The fourth-order valence-electron chi connectivity index (χ4n) is 3.31. The van der Waals surface area contributed by atoms with E-state index in [2.05, 4.69) is 0 Å². The highest BCUT2D eigenvalue weighted by atomic mass is 19.4. The van der Waals surface area contributed by atoms with E-state index in [4.69, 9.17) is 5.73 Å². The lowest BCUT2D eigenvalue weighted by atomic mass is 9.66. The zero-order valence-corrected chi connectivity index (χ0v) is 11.7. The molecule has 1 spiro atoms. The summed E-state index contributed by atoms with van der Waals surface area (Å²) in [7, 11) is 0. The molecule has 1 aromatic rings. The van der Waals surface area contributed by atoms with E-state index in [1.54, 1.807) is 0 Å². The number of carbonyl (C=O) groups excluding carboxylic acids is 1. The highest BCUT2D eigenvalue weighted by molar-refractivity contribution is 5.94. The van der Waals surface area contributed by atoms with Crippen LogP contribution in [0.25, 0.3) is 0 Å². The standard InChI is InChI=1S/C14H16F3N3O2/c15-14(16,17)9-4-8(5-19-11(9)21)12(22)20-6-10(18)13(7-20)2-1-3-13/h4-5,10H,1-3,6-7,18H2,(H,19,21). The first-order valence-electron chi connectivity index (χ1n) is 7.08. The number of amides is 1. The number of alkyl halides is 3. The van der Waals surface area contributed by atoms with Crippen molar-refractivity contribution >= 4 is 5.91 Å². The SMILES string of the molecule is NC1CN(C(=O)c2c[nH]c(=O)c(C(F)(F)F)c2)CC12CCC2. The first kappa shape index (κ1) is 15.1. The van der Waals surface area contributed by atoms with Crippen LogP contribution in [-0.4, -0.2) is 34.9 Å². The van der Waals surface area contributed by atoms with E-state index < -0.39 is 23.2 Å². The van der Waals surface area contributed by atoms with Crippen molar-refractivity contribution in [2.45, 2.75) is 31.5 Å². The lowest BCUT2D eigenvalue weighted by Crippen LogP contribution is -2.45. The quantitative estimate of drug-likeness (QED) is 0.821. The van der Waals surface area contributed by atoms with Gasteiger partial charge in [0.15, 0.2) is 0 Å². The number of nitrogens with two attached hydrogens (primary N) is 1. The molecule has 1 unspecified atom stereocenters. The van der Waals surface area contributed by atoms with E-state index in [0.717, 1.165) is 25.5 Å². The maximum absolute atomic E-state index is 12.8. The van der Waals surface area contributed by atoms with Gasteiger partial charge in [0.25, 0.3) is 11.5 Å². The Morgan fingerprint density at radius 2 is 2.09 bits per heavy atom. The van der Waals surface area contributed by atoms with Crippen LogP contribution in [-0.2, 0) is 6.18 Å². The molecular weight excluding hydrogens is 299 g/mol. The molecule has 1 aromatic heterocycles. The molecule has 2 aliphatic rings. The maximum Gasteiger partial charge on any atom is 0.421 e. The van der Waals surface area contributed by atoms with Crippen molar-refractivity contribution < 1.29 is 18.0 Å². The molecule has 3 N–H and O–H groups in total. The molecule has 1 atom stereocenters. The van der Waals surface area contributed by atoms with E-state index in [9.17, 15) is 22.8 Å². The Morgan fingerprint density at radius 1 is 1.41 bits per heavy atom. The van der Waals surface area contributed by atoms with Crippen LogP contribution in [0, 0.1) is 5.41 Å². The molecule has 2 fully saturated rings. The third kappa shape index (κ3) is 2.31. The summed E-state index contributed by atoms with van der Waals surface area (Å²) in [5.41, 5.74) is 3.21. The minimum absolute atomic E-state index is 0.0787. The van der Waals surface area contributed by atoms with E-state index in [1.165, 1.54) is 4.90 Å². The number of aromatic amines is 1. The van der Waals surface area contributed by atoms with Gasteiger partial charge in [-0.3, -0.25) is 9.59 Å². The van der Waals surface area contributed by atoms with Gasteiger partial charge in [-0.2, -0.15) is 13.2 Å². The van der Waals surface area contributed by atoms with E-state index in [1.807, 2.05) is 4.98 Å². The summed E-state index contributed by atoms with van der Waals surface area (Å²) in [6, 6.07) is 0.466. The van der Waals surface area contributed by atoms with Crippen LogP contribution in [0.15, 0.2) is 17.1 Å². The van der Waals surface area contributed by atoms with Crippen LogP contribution >= 0.6 is 0 Å². The van der Waals surface area contributed by atoms with E-state index >= 15 is 0 Å². The molecule has 1 aliphatic heterocycles. The van der Waals surface area contributed by atoms with Gasteiger partial charge in [0.05, 0.1) is 5.56 Å². The Bertz CT molecular complexity index is 664. The molecule has 3 rings (SSSR count). The Morgan fingerprint density at radius 3 is 2.59 bits per heavy atom. The van der Waals surface area contributed by atoms with Gasteiger partial charge in [-0.15, -0.1) is 0 Å². The smallest absolute Gasteiger partial charge is 0.336 e. The minimum Gasteiger partial charge on any atom is -0.336 e. The predicted octanol–water partition coefficient (Wildman–Crippen LogP) is 1.35.